The first-order valence-corrected chi connectivity index (χ1v) is 7.01. The first-order valence-electron chi connectivity index (χ1n) is 5.40. The second-order valence-corrected chi connectivity index (χ2v) is 5.82. The molecule has 0 spiro atoms. The number of halogens is 2. The average molecular weight is 339 g/mol. The summed E-state index contributed by atoms with van der Waals surface area (Å²) in [6.07, 6.45) is 0. The molecule has 19 heavy (non-hydrogen) atoms. The van der Waals surface area contributed by atoms with E-state index in [0.717, 1.165) is 10.2 Å². The lowest BCUT2D eigenvalue weighted by Gasteiger charge is -2.01. The number of ether oxygens (including phenoxy) is 1. The van der Waals surface area contributed by atoms with Gasteiger partial charge in [0.05, 0.1) is 10.2 Å². The first kappa shape index (κ1) is 12.4. The number of benzene rings is 2. The normalized spacial score (nSPS) is 10.8. The molecule has 2 aromatic carbocycles. The molecule has 3 nitrogen and oxygen atoms in total. The average Bonchev–Trinajstić information content (AvgIpc) is 2.68. The molecule has 0 atom stereocenters. The van der Waals surface area contributed by atoms with E-state index >= 15 is 0 Å². The van der Waals surface area contributed by atoms with E-state index in [1.54, 1.807) is 12.1 Å². The molecule has 0 bridgehead atoms. The fourth-order valence-corrected chi connectivity index (χ4v) is 2.98. The van der Waals surface area contributed by atoms with Crippen molar-refractivity contribution < 1.29 is 9.13 Å². The molecule has 96 valence electrons. The fraction of sp³-hybridized carbons (Fsp3) is 0. The highest BCUT2D eigenvalue weighted by atomic mass is 79.9. The van der Waals surface area contributed by atoms with Crippen LogP contribution in [0.15, 0.2) is 40.9 Å². The van der Waals surface area contributed by atoms with Crippen LogP contribution in [-0.2, 0) is 0 Å². The largest absolute Gasteiger partial charge is 0.431 e. The van der Waals surface area contributed by atoms with Gasteiger partial charge in [-0.15, -0.1) is 0 Å². The van der Waals surface area contributed by atoms with Crippen molar-refractivity contribution in [3.05, 3.63) is 46.7 Å². The first-order chi connectivity index (χ1) is 9.10. The summed E-state index contributed by atoms with van der Waals surface area (Å²) in [5.74, 6) is 0.0358. The minimum atomic E-state index is -0.366. The SMILES string of the molecule is Nc1ccc2nc(Oc3cc(F)cc(Br)c3)sc2c1. The van der Waals surface area contributed by atoms with Gasteiger partial charge in [0.15, 0.2) is 0 Å². The minimum absolute atomic E-state index is 0.366. The number of nitrogens with zero attached hydrogens (tertiary/aromatic N) is 1. The summed E-state index contributed by atoms with van der Waals surface area (Å²) in [6.45, 7) is 0. The number of anilines is 1. The van der Waals surface area contributed by atoms with Crippen LogP contribution in [0.1, 0.15) is 0 Å². The molecule has 0 unspecified atom stereocenters. The molecule has 3 rings (SSSR count). The molecule has 0 fully saturated rings. The molecular formula is C13H8BrFN2OS. The summed E-state index contributed by atoms with van der Waals surface area (Å²) < 4.78 is 20.4. The maximum Gasteiger partial charge on any atom is 0.279 e. The maximum absolute atomic E-state index is 13.2. The van der Waals surface area contributed by atoms with E-state index in [1.165, 1.54) is 23.5 Å². The number of rotatable bonds is 2. The van der Waals surface area contributed by atoms with Crippen molar-refractivity contribution in [3.8, 4) is 10.9 Å². The standard InChI is InChI=1S/C13H8BrFN2OS/c14-7-3-8(15)5-10(4-7)18-13-17-11-2-1-9(16)6-12(11)19-13/h1-6H,16H2. The Morgan fingerprint density at radius 3 is 2.84 bits per heavy atom. The molecule has 0 saturated carbocycles. The lowest BCUT2D eigenvalue weighted by molar-refractivity contribution is 0.474. The summed E-state index contributed by atoms with van der Waals surface area (Å²) >= 11 is 4.58. The fourth-order valence-electron chi connectivity index (χ4n) is 1.65. The predicted octanol–water partition coefficient (Wildman–Crippen LogP) is 4.57. The molecule has 0 aliphatic carbocycles. The van der Waals surface area contributed by atoms with E-state index in [-0.39, 0.29) is 5.82 Å². The summed E-state index contributed by atoms with van der Waals surface area (Å²) in [5.41, 5.74) is 7.19. The summed E-state index contributed by atoms with van der Waals surface area (Å²) in [6, 6.07) is 9.81. The Morgan fingerprint density at radius 1 is 1.21 bits per heavy atom. The molecule has 0 radical (unpaired) electrons. The Morgan fingerprint density at radius 2 is 2.05 bits per heavy atom. The number of thiazole rings is 1. The van der Waals surface area contributed by atoms with Crippen molar-refractivity contribution in [3.63, 3.8) is 0 Å². The van der Waals surface area contributed by atoms with Crippen molar-refractivity contribution in [2.75, 3.05) is 5.73 Å². The smallest absolute Gasteiger partial charge is 0.279 e. The molecule has 0 amide bonds. The quantitative estimate of drug-likeness (QED) is 0.696. The third-order valence-electron chi connectivity index (χ3n) is 2.43. The summed E-state index contributed by atoms with van der Waals surface area (Å²) in [4.78, 5) is 4.31. The molecule has 0 saturated heterocycles. The molecule has 1 aromatic heterocycles. The van der Waals surface area contributed by atoms with E-state index in [2.05, 4.69) is 20.9 Å². The molecule has 3 aromatic rings. The van der Waals surface area contributed by atoms with Crippen LogP contribution in [-0.4, -0.2) is 4.98 Å². The molecule has 2 N–H and O–H groups in total. The second kappa shape index (κ2) is 4.79. The van der Waals surface area contributed by atoms with Gasteiger partial charge in [-0.25, -0.2) is 9.37 Å². The van der Waals surface area contributed by atoms with Gasteiger partial charge in [-0.3, -0.25) is 0 Å². The van der Waals surface area contributed by atoms with E-state index < -0.39 is 0 Å². The lowest BCUT2D eigenvalue weighted by Crippen LogP contribution is -1.85. The highest BCUT2D eigenvalue weighted by Gasteiger charge is 2.07. The zero-order valence-corrected chi connectivity index (χ0v) is 12.0. The monoisotopic (exact) mass is 338 g/mol. The van der Waals surface area contributed by atoms with Crippen LogP contribution in [0.5, 0.6) is 10.9 Å². The zero-order valence-electron chi connectivity index (χ0n) is 9.56. The van der Waals surface area contributed by atoms with Gasteiger partial charge < -0.3 is 10.5 Å². The van der Waals surface area contributed by atoms with Gasteiger partial charge in [0.1, 0.15) is 11.6 Å². The van der Waals surface area contributed by atoms with E-state index in [1.807, 2.05) is 12.1 Å². The molecular weight excluding hydrogens is 331 g/mol. The van der Waals surface area contributed by atoms with E-state index in [4.69, 9.17) is 10.5 Å². The molecule has 0 aliphatic heterocycles. The highest BCUT2D eigenvalue weighted by molar-refractivity contribution is 9.10. The van der Waals surface area contributed by atoms with Crippen molar-refractivity contribution in [1.82, 2.24) is 4.98 Å². The summed E-state index contributed by atoms with van der Waals surface area (Å²) in [7, 11) is 0. The van der Waals surface area contributed by atoms with Crippen LogP contribution in [0.4, 0.5) is 10.1 Å². The van der Waals surface area contributed by atoms with E-state index in [0.29, 0.717) is 21.1 Å². The van der Waals surface area contributed by atoms with Crippen molar-refractivity contribution in [1.29, 1.82) is 0 Å². The van der Waals surface area contributed by atoms with Crippen LogP contribution in [0.3, 0.4) is 0 Å². The van der Waals surface area contributed by atoms with Crippen LogP contribution >= 0.6 is 27.3 Å². The Kier molecular flexibility index (Phi) is 3.12. The lowest BCUT2D eigenvalue weighted by atomic mass is 10.3. The molecule has 0 aliphatic rings. The third kappa shape index (κ3) is 2.69. The van der Waals surface area contributed by atoms with Crippen molar-refractivity contribution in [2.24, 2.45) is 0 Å². The van der Waals surface area contributed by atoms with Gasteiger partial charge >= 0.3 is 0 Å². The Balaban J connectivity index is 1.96. The number of hydrogen-bond donors (Lipinski definition) is 1. The van der Waals surface area contributed by atoms with Crippen LogP contribution < -0.4 is 10.5 Å². The highest BCUT2D eigenvalue weighted by Crippen LogP contribution is 2.33. The topological polar surface area (TPSA) is 48.1 Å². The molecule has 1 heterocycles. The van der Waals surface area contributed by atoms with Gasteiger partial charge in [0.25, 0.3) is 5.19 Å². The van der Waals surface area contributed by atoms with Gasteiger partial charge in [0, 0.05) is 16.2 Å². The number of fused-ring (bicyclic) bond motifs is 1. The van der Waals surface area contributed by atoms with Gasteiger partial charge in [-0.05, 0) is 30.3 Å². The maximum atomic E-state index is 13.2. The van der Waals surface area contributed by atoms with Gasteiger partial charge in [-0.1, -0.05) is 27.3 Å². The van der Waals surface area contributed by atoms with Crippen LogP contribution in [0, 0.1) is 5.82 Å². The third-order valence-corrected chi connectivity index (χ3v) is 3.79. The summed E-state index contributed by atoms with van der Waals surface area (Å²) in [5, 5.41) is 0.457. The molecule has 6 heteroatoms. The van der Waals surface area contributed by atoms with Crippen LogP contribution in [0.2, 0.25) is 0 Å². The van der Waals surface area contributed by atoms with Gasteiger partial charge in [0.2, 0.25) is 0 Å². The Hall–Kier alpha value is -1.66. The van der Waals surface area contributed by atoms with Crippen molar-refractivity contribution >= 4 is 43.2 Å². The Labute approximate surface area is 121 Å². The second-order valence-electron chi connectivity index (χ2n) is 3.91. The predicted molar refractivity (Wildman–Crippen MR) is 78.2 cm³/mol. The van der Waals surface area contributed by atoms with Crippen LogP contribution in [0.25, 0.3) is 10.2 Å². The number of hydrogen-bond acceptors (Lipinski definition) is 4. The van der Waals surface area contributed by atoms with Gasteiger partial charge in [-0.2, -0.15) is 0 Å². The Bertz CT molecular complexity index is 739. The number of aromatic nitrogens is 1. The minimum Gasteiger partial charge on any atom is -0.431 e. The number of nitrogens with two attached hydrogens (primary N) is 1. The van der Waals surface area contributed by atoms with Crippen molar-refractivity contribution in [2.45, 2.75) is 0 Å². The van der Waals surface area contributed by atoms with E-state index in [9.17, 15) is 4.39 Å². The number of nitrogen functional groups attached to an aromatic ring is 1. The zero-order chi connectivity index (χ0) is 13.4.